The molecule has 2 unspecified atom stereocenters. The summed E-state index contributed by atoms with van der Waals surface area (Å²) in [5.74, 6) is -0.0301. The molecule has 2 rings (SSSR count). The zero-order valence-electron chi connectivity index (χ0n) is 7.64. The molecule has 0 aliphatic heterocycles. The molecule has 0 fully saturated rings. The fraction of sp³-hybridized carbons (Fsp3) is 0.300. The van der Waals surface area contributed by atoms with Gasteiger partial charge in [0.05, 0.1) is 11.6 Å². The predicted molar refractivity (Wildman–Crippen MR) is 58.2 cm³/mol. The van der Waals surface area contributed by atoms with E-state index in [2.05, 4.69) is 5.32 Å². The second-order valence-corrected chi connectivity index (χ2v) is 4.17. The largest absolute Gasteiger partial charge is 0.325 e. The summed E-state index contributed by atoms with van der Waals surface area (Å²) in [6.07, 6.45) is 4.49. The Morgan fingerprint density at radius 1 is 1.57 bits per heavy atom. The normalized spacial score (nSPS) is 25.2. The van der Waals surface area contributed by atoms with Crippen LogP contribution in [-0.2, 0) is 4.79 Å². The summed E-state index contributed by atoms with van der Waals surface area (Å²) in [5.41, 5.74) is 6.54. The molecule has 0 spiro atoms. The number of nitrogens with two attached hydrogens (primary N) is 1. The van der Waals surface area contributed by atoms with Crippen molar-refractivity contribution in [2.24, 2.45) is 11.7 Å². The molecule has 3 N–H and O–H groups in total. The van der Waals surface area contributed by atoms with E-state index in [1.807, 2.05) is 29.0 Å². The smallest absolute Gasteiger partial charge is 0.231 e. The van der Waals surface area contributed by atoms with Gasteiger partial charge in [0.2, 0.25) is 5.91 Å². The van der Waals surface area contributed by atoms with Crippen LogP contribution in [0.25, 0.3) is 0 Å². The fourth-order valence-electron chi connectivity index (χ4n) is 1.49. The Morgan fingerprint density at radius 3 is 3.00 bits per heavy atom. The molecule has 1 aromatic rings. The molecule has 3 nitrogen and oxygen atoms in total. The molecule has 0 bridgehead atoms. The Hall–Kier alpha value is -1.13. The molecule has 1 amide bonds. The lowest BCUT2D eigenvalue weighted by Gasteiger charge is -2.08. The Morgan fingerprint density at radius 2 is 2.43 bits per heavy atom. The van der Waals surface area contributed by atoms with Crippen molar-refractivity contribution in [3.63, 3.8) is 0 Å². The van der Waals surface area contributed by atoms with Gasteiger partial charge in [-0.1, -0.05) is 12.2 Å². The van der Waals surface area contributed by atoms with Crippen molar-refractivity contribution in [1.29, 1.82) is 0 Å². The van der Waals surface area contributed by atoms with Crippen LogP contribution >= 0.6 is 11.3 Å². The van der Waals surface area contributed by atoms with Crippen LogP contribution < -0.4 is 11.1 Å². The monoisotopic (exact) mass is 208 g/mol. The maximum Gasteiger partial charge on any atom is 0.231 e. The average Bonchev–Trinajstić information content (AvgIpc) is 2.75. The SMILES string of the molecule is NC1C=CC(C(=O)Nc2ccsc2)C1. The molecule has 74 valence electrons. The van der Waals surface area contributed by atoms with Gasteiger partial charge in [0.1, 0.15) is 0 Å². The maximum atomic E-state index is 11.6. The minimum atomic E-state index is -0.0649. The van der Waals surface area contributed by atoms with Crippen LogP contribution in [0.4, 0.5) is 5.69 Å². The van der Waals surface area contributed by atoms with Crippen molar-refractivity contribution in [2.75, 3.05) is 5.32 Å². The molecule has 0 aromatic carbocycles. The van der Waals surface area contributed by atoms with Crippen LogP contribution in [0.5, 0.6) is 0 Å². The van der Waals surface area contributed by atoms with Gasteiger partial charge in [-0.15, -0.1) is 0 Å². The number of anilines is 1. The van der Waals surface area contributed by atoms with Crippen molar-refractivity contribution >= 4 is 22.9 Å². The third-order valence-electron chi connectivity index (χ3n) is 2.24. The quantitative estimate of drug-likeness (QED) is 0.725. The third-order valence-corrected chi connectivity index (χ3v) is 2.93. The number of rotatable bonds is 2. The number of hydrogen-bond donors (Lipinski definition) is 2. The Balaban J connectivity index is 1.94. The van der Waals surface area contributed by atoms with Crippen LogP contribution in [-0.4, -0.2) is 11.9 Å². The van der Waals surface area contributed by atoms with E-state index >= 15 is 0 Å². The topological polar surface area (TPSA) is 55.1 Å². The minimum Gasteiger partial charge on any atom is -0.325 e. The first-order valence-electron chi connectivity index (χ1n) is 4.52. The highest BCUT2D eigenvalue weighted by Gasteiger charge is 2.22. The van der Waals surface area contributed by atoms with Gasteiger partial charge < -0.3 is 11.1 Å². The molecule has 14 heavy (non-hydrogen) atoms. The van der Waals surface area contributed by atoms with Crippen LogP contribution in [0.2, 0.25) is 0 Å². The van der Waals surface area contributed by atoms with E-state index < -0.39 is 0 Å². The maximum absolute atomic E-state index is 11.6. The zero-order valence-corrected chi connectivity index (χ0v) is 8.46. The lowest BCUT2D eigenvalue weighted by Crippen LogP contribution is -2.23. The molecule has 0 radical (unpaired) electrons. The third kappa shape index (κ3) is 2.02. The Bertz CT molecular complexity index is 345. The lowest BCUT2D eigenvalue weighted by atomic mass is 10.1. The molecule has 1 aliphatic carbocycles. The zero-order chi connectivity index (χ0) is 9.97. The first-order chi connectivity index (χ1) is 6.75. The van der Waals surface area contributed by atoms with Gasteiger partial charge in [-0.05, 0) is 17.9 Å². The molecule has 1 heterocycles. The number of carbonyl (C=O) groups excluding carboxylic acids is 1. The lowest BCUT2D eigenvalue weighted by molar-refractivity contribution is -0.118. The molecule has 0 saturated heterocycles. The molecule has 1 aliphatic rings. The number of nitrogens with one attached hydrogen (secondary N) is 1. The highest BCUT2D eigenvalue weighted by molar-refractivity contribution is 7.08. The van der Waals surface area contributed by atoms with Gasteiger partial charge in [-0.25, -0.2) is 0 Å². The van der Waals surface area contributed by atoms with Crippen molar-refractivity contribution in [3.8, 4) is 0 Å². The van der Waals surface area contributed by atoms with E-state index in [-0.39, 0.29) is 17.9 Å². The summed E-state index contributed by atoms with van der Waals surface area (Å²) in [7, 11) is 0. The molecule has 2 atom stereocenters. The van der Waals surface area contributed by atoms with Gasteiger partial charge in [0.15, 0.2) is 0 Å². The molecule has 4 heteroatoms. The van der Waals surface area contributed by atoms with Crippen LogP contribution in [0, 0.1) is 5.92 Å². The van der Waals surface area contributed by atoms with Crippen molar-refractivity contribution < 1.29 is 4.79 Å². The average molecular weight is 208 g/mol. The summed E-state index contributed by atoms with van der Waals surface area (Å²) >= 11 is 1.57. The first kappa shape index (κ1) is 9.43. The first-order valence-corrected chi connectivity index (χ1v) is 5.47. The van der Waals surface area contributed by atoms with E-state index in [0.717, 1.165) is 12.1 Å². The second kappa shape index (κ2) is 3.94. The Kier molecular flexibility index (Phi) is 2.65. The number of thiophene rings is 1. The van der Waals surface area contributed by atoms with E-state index in [0.29, 0.717) is 0 Å². The van der Waals surface area contributed by atoms with Gasteiger partial charge in [0, 0.05) is 11.4 Å². The van der Waals surface area contributed by atoms with Gasteiger partial charge >= 0.3 is 0 Å². The molecule has 0 saturated carbocycles. The second-order valence-electron chi connectivity index (χ2n) is 3.39. The minimum absolute atomic E-state index is 0.0348. The highest BCUT2D eigenvalue weighted by Crippen LogP contribution is 2.19. The summed E-state index contributed by atoms with van der Waals surface area (Å²) < 4.78 is 0. The van der Waals surface area contributed by atoms with E-state index in [4.69, 9.17) is 5.73 Å². The standard InChI is InChI=1S/C10H12N2OS/c11-8-2-1-7(5-8)10(13)12-9-3-4-14-6-9/h1-4,6-8H,5,11H2,(H,12,13). The summed E-state index contributed by atoms with van der Waals surface area (Å²) in [6, 6.07) is 1.93. The summed E-state index contributed by atoms with van der Waals surface area (Å²) in [5, 5.41) is 6.70. The predicted octanol–water partition coefficient (Wildman–Crippen LogP) is 1.59. The van der Waals surface area contributed by atoms with Crippen LogP contribution in [0.3, 0.4) is 0 Å². The van der Waals surface area contributed by atoms with E-state index in [9.17, 15) is 4.79 Å². The Labute approximate surface area is 86.6 Å². The van der Waals surface area contributed by atoms with Gasteiger partial charge in [-0.3, -0.25) is 4.79 Å². The summed E-state index contributed by atoms with van der Waals surface area (Å²) in [6.45, 7) is 0. The van der Waals surface area contributed by atoms with Crippen LogP contribution in [0.1, 0.15) is 6.42 Å². The number of carbonyl (C=O) groups is 1. The van der Waals surface area contributed by atoms with Crippen molar-refractivity contribution in [3.05, 3.63) is 29.0 Å². The van der Waals surface area contributed by atoms with Crippen LogP contribution in [0.15, 0.2) is 29.0 Å². The fourth-order valence-corrected chi connectivity index (χ4v) is 2.08. The molecular weight excluding hydrogens is 196 g/mol. The van der Waals surface area contributed by atoms with E-state index in [1.165, 1.54) is 0 Å². The number of amides is 1. The van der Waals surface area contributed by atoms with Gasteiger partial charge in [-0.2, -0.15) is 11.3 Å². The molecular formula is C10H12N2OS. The van der Waals surface area contributed by atoms with E-state index in [1.54, 1.807) is 11.3 Å². The number of hydrogen-bond acceptors (Lipinski definition) is 3. The van der Waals surface area contributed by atoms with Gasteiger partial charge in [0.25, 0.3) is 0 Å². The highest BCUT2D eigenvalue weighted by atomic mass is 32.1. The molecule has 1 aromatic heterocycles. The van der Waals surface area contributed by atoms with Crippen molar-refractivity contribution in [1.82, 2.24) is 0 Å². The van der Waals surface area contributed by atoms with Crippen molar-refractivity contribution in [2.45, 2.75) is 12.5 Å². The summed E-state index contributed by atoms with van der Waals surface area (Å²) in [4.78, 5) is 11.6.